The smallest absolute Gasteiger partial charge is 0.305 e. The largest absolute Gasteiger partial charge is 0.466 e. The van der Waals surface area contributed by atoms with Gasteiger partial charge in [-0.05, 0) is 38.0 Å². The predicted octanol–water partition coefficient (Wildman–Crippen LogP) is 4.12. The molecule has 0 aliphatic rings. The SMILES string of the molecule is CCOC(=O)CCCCCNc1ccc(Br)cc1F. The van der Waals surface area contributed by atoms with Crippen LogP contribution in [0.5, 0.6) is 0 Å². The average Bonchev–Trinajstić information content (AvgIpc) is 2.36. The molecule has 0 amide bonds. The molecule has 3 nitrogen and oxygen atoms in total. The van der Waals surface area contributed by atoms with Crippen LogP contribution in [-0.2, 0) is 9.53 Å². The van der Waals surface area contributed by atoms with Crippen LogP contribution in [-0.4, -0.2) is 19.1 Å². The highest BCUT2D eigenvalue weighted by atomic mass is 79.9. The van der Waals surface area contributed by atoms with E-state index in [1.54, 1.807) is 19.1 Å². The summed E-state index contributed by atoms with van der Waals surface area (Å²) in [5.41, 5.74) is 0.508. The van der Waals surface area contributed by atoms with Gasteiger partial charge in [-0.1, -0.05) is 22.4 Å². The van der Waals surface area contributed by atoms with Crippen molar-refractivity contribution in [2.45, 2.75) is 32.6 Å². The Balaban J connectivity index is 2.12. The lowest BCUT2D eigenvalue weighted by Gasteiger charge is -2.07. The molecular formula is C14H19BrFNO2. The van der Waals surface area contributed by atoms with Gasteiger partial charge in [0.1, 0.15) is 5.82 Å². The van der Waals surface area contributed by atoms with Crippen LogP contribution in [0.1, 0.15) is 32.6 Å². The molecule has 19 heavy (non-hydrogen) atoms. The number of benzene rings is 1. The summed E-state index contributed by atoms with van der Waals surface area (Å²) in [6.07, 6.45) is 3.09. The molecule has 0 bridgehead atoms. The van der Waals surface area contributed by atoms with Gasteiger partial charge in [0.2, 0.25) is 0 Å². The van der Waals surface area contributed by atoms with Crippen molar-refractivity contribution >= 4 is 27.6 Å². The Bertz CT molecular complexity index is 412. The molecule has 0 atom stereocenters. The van der Waals surface area contributed by atoms with E-state index in [1.165, 1.54) is 6.07 Å². The third kappa shape index (κ3) is 6.57. The number of carbonyl (C=O) groups excluding carboxylic acids is 1. The molecule has 0 saturated heterocycles. The minimum Gasteiger partial charge on any atom is -0.466 e. The third-order valence-corrected chi connectivity index (χ3v) is 3.10. The van der Waals surface area contributed by atoms with Crippen molar-refractivity contribution < 1.29 is 13.9 Å². The first-order chi connectivity index (χ1) is 9.13. The lowest BCUT2D eigenvalue weighted by Crippen LogP contribution is -2.05. The van der Waals surface area contributed by atoms with Crippen molar-refractivity contribution in [2.24, 2.45) is 0 Å². The molecule has 0 aliphatic carbocycles. The van der Waals surface area contributed by atoms with Crippen LogP contribution in [0.3, 0.4) is 0 Å². The Labute approximate surface area is 121 Å². The summed E-state index contributed by atoms with van der Waals surface area (Å²) in [5.74, 6) is -0.407. The van der Waals surface area contributed by atoms with Crippen molar-refractivity contribution in [3.8, 4) is 0 Å². The number of nitrogens with one attached hydrogen (secondary N) is 1. The molecule has 0 heterocycles. The minimum atomic E-state index is -0.263. The van der Waals surface area contributed by atoms with Gasteiger partial charge in [-0.25, -0.2) is 4.39 Å². The second-order valence-electron chi connectivity index (χ2n) is 4.17. The normalized spacial score (nSPS) is 10.3. The van der Waals surface area contributed by atoms with Gasteiger partial charge in [0, 0.05) is 17.4 Å². The molecule has 1 rings (SSSR count). The van der Waals surface area contributed by atoms with Crippen molar-refractivity contribution in [1.82, 2.24) is 0 Å². The molecule has 1 aromatic rings. The number of rotatable bonds is 8. The van der Waals surface area contributed by atoms with E-state index in [9.17, 15) is 9.18 Å². The Morgan fingerprint density at radius 1 is 1.37 bits per heavy atom. The highest BCUT2D eigenvalue weighted by Gasteiger charge is 2.03. The fourth-order valence-electron chi connectivity index (χ4n) is 1.66. The molecule has 1 aromatic carbocycles. The topological polar surface area (TPSA) is 38.3 Å². The summed E-state index contributed by atoms with van der Waals surface area (Å²) in [4.78, 5) is 11.1. The van der Waals surface area contributed by atoms with Crippen LogP contribution in [0.25, 0.3) is 0 Å². The second kappa shape index (κ2) is 8.91. The quantitative estimate of drug-likeness (QED) is 0.575. The van der Waals surface area contributed by atoms with E-state index in [0.717, 1.165) is 23.7 Å². The zero-order valence-electron chi connectivity index (χ0n) is 11.0. The summed E-state index contributed by atoms with van der Waals surface area (Å²) in [6.45, 7) is 2.93. The van der Waals surface area contributed by atoms with Crippen LogP contribution in [0.15, 0.2) is 22.7 Å². The Kier molecular flexibility index (Phi) is 7.48. The standard InChI is InChI=1S/C14H19BrFNO2/c1-2-19-14(18)6-4-3-5-9-17-13-8-7-11(15)10-12(13)16/h7-8,10,17H,2-6,9H2,1H3. The summed E-state index contributed by atoms with van der Waals surface area (Å²) < 4.78 is 19.0. The van der Waals surface area contributed by atoms with E-state index >= 15 is 0 Å². The van der Waals surface area contributed by atoms with Gasteiger partial charge in [-0.2, -0.15) is 0 Å². The number of esters is 1. The highest BCUT2D eigenvalue weighted by molar-refractivity contribution is 9.10. The maximum atomic E-state index is 13.5. The van der Waals surface area contributed by atoms with Gasteiger partial charge in [0.05, 0.1) is 12.3 Å². The van der Waals surface area contributed by atoms with Crippen molar-refractivity contribution in [3.63, 3.8) is 0 Å². The summed E-state index contributed by atoms with van der Waals surface area (Å²) in [5, 5.41) is 3.04. The molecule has 1 N–H and O–H groups in total. The molecule has 106 valence electrons. The lowest BCUT2D eigenvalue weighted by molar-refractivity contribution is -0.143. The van der Waals surface area contributed by atoms with Gasteiger partial charge < -0.3 is 10.1 Å². The third-order valence-electron chi connectivity index (χ3n) is 2.61. The average molecular weight is 332 g/mol. The van der Waals surface area contributed by atoms with Crippen molar-refractivity contribution in [3.05, 3.63) is 28.5 Å². The maximum absolute atomic E-state index is 13.5. The zero-order valence-corrected chi connectivity index (χ0v) is 12.6. The lowest BCUT2D eigenvalue weighted by atomic mass is 10.2. The number of unbranched alkanes of at least 4 members (excludes halogenated alkanes) is 2. The fraction of sp³-hybridized carbons (Fsp3) is 0.500. The Morgan fingerprint density at radius 3 is 2.84 bits per heavy atom. The number of hydrogen-bond donors (Lipinski definition) is 1. The zero-order chi connectivity index (χ0) is 14.1. The molecule has 0 fully saturated rings. The number of carbonyl (C=O) groups is 1. The van der Waals surface area contributed by atoms with Crippen LogP contribution in [0.4, 0.5) is 10.1 Å². The molecule has 0 aromatic heterocycles. The van der Waals surface area contributed by atoms with E-state index < -0.39 is 0 Å². The molecule has 0 spiro atoms. The van der Waals surface area contributed by atoms with E-state index in [4.69, 9.17) is 4.74 Å². The first kappa shape index (κ1) is 16.0. The maximum Gasteiger partial charge on any atom is 0.305 e. The van der Waals surface area contributed by atoms with Crippen molar-refractivity contribution in [2.75, 3.05) is 18.5 Å². The van der Waals surface area contributed by atoms with Crippen LogP contribution in [0, 0.1) is 5.82 Å². The molecule has 0 aliphatic heterocycles. The summed E-state index contributed by atoms with van der Waals surface area (Å²) in [7, 11) is 0. The molecule has 0 unspecified atom stereocenters. The first-order valence-electron chi connectivity index (χ1n) is 6.48. The predicted molar refractivity (Wildman–Crippen MR) is 77.7 cm³/mol. The van der Waals surface area contributed by atoms with E-state index in [-0.39, 0.29) is 11.8 Å². The molecular weight excluding hydrogens is 313 g/mol. The van der Waals surface area contributed by atoms with Crippen LogP contribution < -0.4 is 5.32 Å². The van der Waals surface area contributed by atoms with Gasteiger partial charge in [0.15, 0.2) is 0 Å². The van der Waals surface area contributed by atoms with E-state index in [2.05, 4.69) is 21.2 Å². The molecule has 0 radical (unpaired) electrons. The van der Waals surface area contributed by atoms with Gasteiger partial charge in [-0.15, -0.1) is 0 Å². The number of anilines is 1. The highest BCUT2D eigenvalue weighted by Crippen LogP contribution is 2.19. The Morgan fingerprint density at radius 2 is 2.16 bits per heavy atom. The summed E-state index contributed by atoms with van der Waals surface area (Å²) in [6, 6.07) is 4.94. The molecule has 0 saturated carbocycles. The number of ether oxygens (including phenoxy) is 1. The minimum absolute atomic E-state index is 0.144. The summed E-state index contributed by atoms with van der Waals surface area (Å²) >= 11 is 3.21. The molecule has 5 heteroatoms. The van der Waals surface area contributed by atoms with Crippen LogP contribution in [0.2, 0.25) is 0 Å². The van der Waals surface area contributed by atoms with Gasteiger partial charge in [-0.3, -0.25) is 4.79 Å². The Hall–Kier alpha value is -1.10. The van der Waals surface area contributed by atoms with Gasteiger partial charge in [0.25, 0.3) is 0 Å². The first-order valence-corrected chi connectivity index (χ1v) is 7.27. The fourth-order valence-corrected chi connectivity index (χ4v) is 1.99. The van der Waals surface area contributed by atoms with Gasteiger partial charge >= 0.3 is 5.97 Å². The monoisotopic (exact) mass is 331 g/mol. The second-order valence-corrected chi connectivity index (χ2v) is 5.08. The van der Waals surface area contributed by atoms with Crippen molar-refractivity contribution in [1.29, 1.82) is 0 Å². The number of halogens is 2. The van der Waals surface area contributed by atoms with E-state index in [1.807, 2.05) is 0 Å². The van der Waals surface area contributed by atoms with Crippen LogP contribution >= 0.6 is 15.9 Å². The number of hydrogen-bond acceptors (Lipinski definition) is 3. The van der Waals surface area contributed by atoms with E-state index in [0.29, 0.717) is 25.3 Å².